The minimum Gasteiger partial charge on any atom is -0.496 e. The molecule has 0 unspecified atom stereocenters. The molecule has 2 aromatic rings. The summed E-state index contributed by atoms with van der Waals surface area (Å²) < 4.78 is 5.22. The molecule has 0 fully saturated rings. The molecule has 0 bridgehead atoms. The van der Waals surface area contributed by atoms with Gasteiger partial charge in [0, 0.05) is 18.0 Å². The topological polar surface area (TPSA) is 22.1 Å². The summed E-state index contributed by atoms with van der Waals surface area (Å²) in [5, 5.41) is 0. The third kappa shape index (κ3) is 1.99. The summed E-state index contributed by atoms with van der Waals surface area (Å²) >= 11 is 0. The molecule has 0 saturated carbocycles. The van der Waals surface area contributed by atoms with Crippen LogP contribution >= 0.6 is 0 Å². The van der Waals surface area contributed by atoms with Gasteiger partial charge in [0.05, 0.1) is 7.11 Å². The molecule has 1 aromatic heterocycles. The molecule has 0 atom stereocenters. The number of hydrogen-bond donors (Lipinski definition) is 0. The summed E-state index contributed by atoms with van der Waals surface area (Å²) in [6, 6.07) is 10.1. The Labute approximate surface area is 89.6 Å². The van der Waals surface area contributed by atoms with Gasteiger partial charge in [-0.15, -0.1) is 0 Å². The molecule has 0 saturated heterocycles. The Morgan fingerprint density at radius 3 is 2.60 bits per heavy atom. The van der Waals surface area contributed by atoms with Crippen molar-refractivity contribution in [1.29, 1.82) is 0 Å². The molecule has 2 nitrogen and oxygen atoms in total. The van der Waals surface area contributed by atoms with Crippen molar-refractivity contribution in [2.75, 3.05) is 7.11 Å². The van der Waals surface area contributed by atoms with Gasteiger partial charge < -0.3 is 4.74 Å². The van der Waals surface area contributed by atoms with E-state index in [1.807, 2.05) is 37.4 Å². The standard InChI is InChI=1S/C13H13NO/c1-10-8-11(5-6-13(10)15-2)12-4-3-7-14-9-12/h3-9H,1-2H3. The first-order chi connectivity index (χ1) is 7.31. The molecule has 0 spiro atoms. The van der Waals surface area contributed by atoms with E-state index in [4.69, 9.17) is 4.74 Å². The molecule has 0 aliphatic heterocycles. The lowest BCUT2D eigenvalue weighted by atomic mass is 10.0. The summed E-state index contributed by atoms with van der Waals surface area (Å²) in [5.41, 5.74) is 3.43. The first kappa shape index (κ1) is 9.71. The lowest BCUT2D eigenvalue weighted by Crippen LogP contribution is -1.87. The molecule has 0 aliphatic carbocycles. The van der Waals surface area contributed by atoms with Crippen LogP contribution in [0.15, 0.2) is 42.7 Å². The first-order valence-corrected chi connectivity index (χ1v) is 4.86. The monoisotopic (exact) mass is 199 g/mol. The van der Waals surface area contributed by atoms with Crippen LogP contribution in [0.5, 0.6) is 5.75 Å². The highest BCUT2D eigenvalue weighted by Gasteiger charge is 2.01. The summed E-state index contributed by atoms with van der Waals surface area (Å²) in [6.07, 6.45) is 3.64. The normalized spacial score (nSPS) is 10.0. The van der Waals surface area contributed by atoms with Gasteiger partial charge in [-0.05, 0) is 36.2 Å². The van der Waals surface area contributed by atoms with Crippen LogP contribution < -0.4 is 4.74 Å². The highest BCUT2D eigenvalue weighted by Crippen LogP contribution is 2.25. The zero-order chi connectivity index (χ0) is 10.7. The number of ether oxygens (including phenoxy) is 1. The molecule has 2 heteroatoms. The molecule has 0 radical (unpaired) electrons. The van der Waals surface area contributed by atoms with Crippen LogP contribution in [-0.2, 0) is 0 Å². The van der Waals surface area contributed by atoms with Gasteiger partial charge in [-0.2, -0.15) is 0 Å². The second kappa shape index (κ2) is 4.13. The second-order valence-corrected chi connectivity index (χ2v) is 3.43. The van der Waals surface area contributed by atoms with Crippen LogP contribution in [0.2, 0.25) is 0 Å². The fourth-order valence-corrected chi connectivity index (χ4v) is 1.59. The van der Waals surface area contributed by atoms with Crippen LogP contribution in [0, 0.1) is 6.92 Å². The average molecular weight is 199 g/mol. The zero-order valence-corrected chi connectivity index (χ0v) is 8.90. The number of rotatable bonds is 2. The van der Waals surface area contributed by atoms with Crippen molar-refractivity contribution in [2.24, 2.45) is 0 Å². The van der Waals surface area contributed by atoms with Crippen LogP contribution in [0.3, 0.4) is 0 Å². The maximum atomic E-state index is 5.22. The van der Waals surface area contributed by atoms with E-state index in [2.05, 4.69) is 11.1 Å². The van der Waals surface area contributed by atoms with E-state index < -0.39 is 0 Å². The van der Waals surface area contributed by atoms with Crippen molar-refractivity contribution in [3.05, 3.63) is 48.3 Å². The van der Waals surface area contributed by atoms with Gasteiger partial charge in [0.2, 0.25) is 0 Å². The lowest BCUT2D eigenvalue weighted by molar-refractivity contribution is 0.412. The van der Waals surface area contributed by atoms with Crippen molar-refractivity contribution in [2.45, 2.75) is 6.92 Å². The quantitative estimate of drug-likeness (QED) is 0.741. The van der Waals surface area contributed by atoms with Crippen LogP contribution in [-0.4, -0.2) is 12.1 Å². The number of aryl methyl sites for hydroxylation is 1. The van der Waals surface area contributed by atoms with E-state index in [1.165, 1.54) is 5.56 Å². The van der Waals surface area contributed by atoms with Gasteiger partial charge >= 0.3 is 0 Å². The van der Waals surface area contributed by atoms with Gasteiger partial charge in [-0.25, -0.2) is 0 Å². The van der Waals surface area contributed by atoms with Crippen molar-refractivity contribution in [3.63, 3.8) is 0 Å². The maximum Gasteiger partial charge on any atom is 0.121 e. The molecule has 15 heavy (non-hydrogen) atoms. The van der Waals surface area contributed by atoms with E-state index in [0.29, 0.717) is 0 Å². The Morgan fingerprint density at radius 1 is 1.13 bits per heavy atom. The van der Waals surface area contributed by atoms with Gasteiger partial charge in [0.15, 0.2) is 0 Å². The van der Waals surface area contributed by atoms with Gasteiger partial charge in [-0.1, -0.05) is 12.1 Å². The largest absolute Gasteiger partial charge is 0.496 e. The molecule has 76 valence electrons. The number of nitrogens with zero attached hydrogens (tertiary/aromatic N) is 1. The minimum atomic E-state index is 0.919. The molecule has 0 aliphatic rings. The number of hydrogen-bond acceptors (Lipinski definition) is 2. The predicted molar refractivity (Wildman–Crippen MR) is 61.0 cm³/mol. The maximum absolute atomic E-state index is 5.22. The molecule has 2 rings (SSSR count). The van der Waals surface area contributed by atoms with Crippen molar-refractivity contribution < 1.29 is 4.74 Å². The van der Waals surface area contributed by atoms with Gasteiger partial charge in [0.25, 0.3) is 0 Å². The molecule has 0 N–H and O–H groups in total. The van der Waals surface area contributed by atoms with Gasteiger partial charge in [-0.3, -0.25) is 4.98 Å². The number of pyridine rings is 1. The summed E-state index contributed by atoms with van der Waals surface area (Å²) in [6.45, 7) is 2.04. The highest BCUT2D eigenvalue weighted by atomic mass is 16.5. The van der Waals surface area contributed by atoms with E-state index >= 15 is 0 Å². The first-order valence-electron chi connectivity index (χ1n) is 4.86. The second-order valence-electron chi connectivity index (χ2n) is 3.43. The van der Waals surface area contributed by atoms with Crippen LogP contribution in [0.25, 0.3) is 11.1 Å². The Bertz CT molecular complexity index is 451. The SMILES string of the molecule is COc1ccc(-c2cccnc2)cc1C. The molecule has 1 heterocycles. The average Bonchev–Trinajstić information content (AvgIpc) is 2.30. The highest BCUT2D eigenvalue weighted by molar-refractivity contribution is 5.64. The summed E-state index contributed by atoms with van der Waals surface area (Å²) in [7, 11) is 1.69. The molecule has 0 amide bonds. The summed E-state index contributed by atoms with van der Waals surface area (Å²) in [4.78, 5) is 4.10. The number of methoxy groups -OCH3 is 1. The third-order valence-electron chi connectivity index (χ3n) is 2.39. The van der Waals surface area contributed by atoms with E-state index in [0.717, 1.165) is 16.9 Å². The Balaban J connectivity index is 2.43. The van der Waals surface area contributed by atoms with E-state index in [-0.39, 0.29) is 0 Å². The van der Waals surface area contributed by atoms with Gasteiger partial charge in [0.1, 0.15) is 5.75 Å². The fraction of sp³-hybridized carbons (Fsp3) is 0.154. The lowest BCUT2D eigenvalue weighted by Gasteiger charge is -2.06. The van der Waals surface area contributed by atoms with Crippen LogP contribution in [0.1, 0.15) is 5.56 Å². The smallest absolute Gasteiger partial charge is 0.121 e. The summed E-state index contributed by atoms with van der Waals surface area (Å²) in [5.74, 6) is 0.919. The zero-order valence-electron chi connectivity index (χ0n) is 8.90. The minimum absolute atomic E-state index is 0.919. The Morgan fingerprint density at radius 2 is 2.00 bits per heavy atom. The van der Waals surface area contributed by atoms with Crippen molar-refractivity contribution >= 4 is 0 Å². The van der Waals surface area contributed by atoms with Crippen molar-refractivity contribution in [3.8, 4) is 16.9 Å². The molecular weight excluding hydrogens is 186 g/mol. The number of aromatic nitrogens is 1. The van der Waals surface area contributed by atoms with E-state index in [9.17, 15) is 0 Å². The molecular formula is C13H13NO. The van der Waals surface area contributed by atoms with Crippen LogP contribution in [0.4, 0.5) is 0 Å². The fourth-order valence-electron chi connectivity index (χ4n) is 1.59. The third-order valence-corrected chi connectivity index (χ3v) is 2.39. The Hall–Kier alpha value is -1.83. The Kier molecular flexibility index (Phi) is 2.68. The number of benzene rings is 1. The molecule has 1 aromatic carbocycles. The predicted octanol–water partition coefficient (Wildman–Crippen LogP) is 3.07. The van der Waals surface area contributed by atoms with Crippen molar-refractivity contribution in [1.82, 2.24) is 4.98 Å². The van der Waals surface area contributed by atoms with E-state index in [1.54, 1.807) is 13.3 Å².